The zero-order chi connectivity index (χ0) is 39.5. The minimum Gasteiger partial charge on any atom is -0.491 e. The number of nitrogens with one attached hydrogen (secondary N) is 1. The third-order valence-electron chi connectivity index (χ3n) is 9.52. The van der Waals surface area contributed by atoms with Crippen molar-refractivity contribution in [3.63, 3.8) is 0 Å². The number of hydrogen-bond donors (Lipinski definition) is 6. The molecule has 0 heterocycles. The topological polar surface area (TPSA) is 184 Å². The van der Waals surface area contributed by atoms with Gasteiger partial charge in [0.05, 0.1) is 56.6 Å². The molecular formula is C41H67NO11. The lowest BCUT2D eigenvalue weighted by Crippen LogP contribution is -2.43. The van der Waals surface area contributed by atoms with Gasteiger partial charge in [0.2, 0.25) is 0 Å². The molecule has 1 unspecified atom stereocenters. The normalized spacial score (nSPS) is 23.3. The second kappa shape index (κ2) is 24.5. The molecule has 53 heavy (non-hydrogen) atoms. The first-order valence-electron chi connectivity index (χ1n) is 19.3. The van der Waals surface area contributed by atoms with Gasteiger partial charge in [0.1, 0.15) is 24.6 Å². The molecule has 2 aliphatic rings. The summed E-state index contributed by atoms with van der Waals surface area (Å²) >= 11 is 0. The molecule has 0 amide bonds. The summed E-state index contributed by atoms with van der Waals surface area (Å²) in [6.45, 7) is 16.5. The van der Waals surface area contributed by atoms with E-state index in [1.54, 1.807) is 0 Å². The van der Waals surface area contributed by atoms with Crippen LogP contribution in [0.1, 0.15) is 92.6 Å². The largest absolute Gasteiger partial charge is 0.491 e. The molecule has 0 fully saturated rings. The van der Waals surface area contributed by atoms with Gasteiger partial charge in [0.15, 0.2) is 0 Å². The number of rotatable bonds is 22. The fourth-order valence-corrected chi connectivity index (χ4v) is 6.36. The summed E-state index contributed by atoms with van der Waals surface area (Å²) in [6.07, 6.45) is 4.36. The van der Waals surface area contributed by atoms with Crippen molar-refractivity contribution in [1.82, 2.24) is 5.32 Å². The first-order chi connectivity index (χ1) is 25.1. The van der Waals surface area contributed by atoms with Crippen molar-refractivity contribution in [3.8, 4) is 5.75 Å². The summed E-state index contributed by atoms with van der Waals surface area (Å²) in [5, 5.41) is 52.0. The molecule has 3 rings (SSSR count). The molecule has 9 atom stereocenters. The Labute approximate surface area is 316 Å². The predicted molar refractivity (Wildman–Crippen MR) is 203 cm³/mol. The Bertz CT molecular complexity index is 1250. The van der Waals surface area contributed by atoms with Crippen LogP contribution in [0.15, 0.2) is 48.1 Å². The summed E-state index contributed by atoms with van der Waals surface area (Å²) in [5.41, 5.74) is 2.04. The highest BCUT2D eigenvalue weighted by Crippen LogP contribution is 2.44. The maximum Gasteiger partial charge on any atom is 0.308 e. The van der Waals surface area contributed by atoms with Crippen LogP contribution in [-0.4, -0.2) is 107 Å². The highest BCUT2D eigenvalue weighted by Gasteiger charge is 2.42. The van der Waals surface area contributed by atoms with Gasteiger partial charge < -0.3 is 49.8 Å². The number of aliphatic carboxylic acids is 1. The lowest BCUT2D eigenvalue weighted by Gasteiger charge is -2.43. The van der Waals surface area contributed by atoms with Crippen molar-refractivity contribution in [1.29, 1.82) is 0 Å². The van der Waals surface area contributed by atoms with Crippen molar-refractivity contribution < 1.29 is 54.1 Å². The Balaban J connectivity index is 0.000000381. The van der Waals surface area contributed by atoms with E-state index in [1.165, 1.54) is 0 Å². The fraction of sp³-hybridized carbons (Fsp3) is 0.707. The van der Waals surface area contributed by atoms with Crippen LogP contribution in [-0.2, 0) is 30.4 Å². The van der Waals surface area contributed by atoms with E-state index in [4.69, 9.17) is 24.1 Å². The number of carbonyl (C=O) groups is 2. The second-order valence-corrected chi connectivity index (χ2v) is 15.0. The van der Waals surface area contributed by atoms with E-state index in [9.17, 15) is 30.0 Å². The maximum absolute atomic E-state index is 12.4. The van der Waals surface area contributed by atoms with Crippen molar-refractivity contribution in [2.45, 2.75) is 136 Å². The van der Waals surface area contributed by atoms with Gasteiger partial charge in [-0.05, 0) is 74.6 Å². The molecule has 0 saturated heterocycles. The Kier molecular flexibility index (Phi) is 21.4. The third-order valence-corrected chi connectivity index (χ3v) is 9.52. The van der Waals surface area contributed by atoms with Gasteiger partial charge in [-0.15, -0.1) is 0 Å². The Morgan fingerprint density at radius 1 is 0.981 bits per heavy atom. The van der Waals surface area contributed by atoms with Gasteiger partial charge >= 0.3 is 11.9 Å². The zero-order valence-corrected chi connectivity index (χ0v) is 32.9. The minimum absolute atomic E-state index is 0.0156. The number of hydrogen-bond acceptors (Lipinski definition) is 11. The maximum atomic E-state index is 12.4. The number of esters is 1. The number of carboxylic acids is 1. The van der Waals surface area contributed by atoms with Crippen LogP contribution >= 0.6 is 0 Å². The molecule has 0 aromatic heterocycles. The Hall–Kier alpha value is -2.84. The Morgan fingerprint density at radius 3 is 2.30 bits per heavy atom. The van der Waals surface area contributed by atoms with Crippen LogP contribution in [0.25, 0.3) is 0 Å². The lowest BCUT2D eigenvalue weighted by molar-refractivity contribution is -0.159. The number of allylic oxidation sites excluding steroid dienone is 2. The summed E-state index contributed by atoms with van der Waals surface area (Å²) in [4.78, 5) is 23.1. The molecule has 0 bridgehead atoms. The van der Waals surface area contributed by atoms with E-state index in [0.29, 0.717) is 58.1 Å². The van der Waals surface area contributed by atoms with Crippen molar-refractivity contribution in [2.24, 2.45) is 23.7 Å². The van der Waals surface area contributed by atoms with Gasteiger partial charge in [0.25, 0.3) is 0 Å². The quantitative estimate of drug-likeness (QED) is 0.0704. The highest BCUT2D eigenvalue weighted by atomic mass is 16.5. The van der Waals surface area contributed by atoms with Crippen molar-refractivity contribution in [2.75, 3.05) is 26.4 Å². The summed E-state index contributed by atoms with van der Waals surface area (Å²) in [7, 11) is 0. The monoisotopic (exact) mass is 749 g/mol. The van der Waals surface area contributed by atoms with Gasteiger partial charge in [-0.1, -0.05) is 65.0 Å². The van der Waals surface area contributed by atoms with Gasteiger partial charge in [-0.25, -0.2) is 0 Å². The molecule has 0 radical (unpaired) electrons. The fourth-order valence-electron chi connectivity index (χ4n) is 6.36. The molecule has 12 heteroatoms. The van der Waals surface area contributed by atoms with Crippen LogP contribution in [0.4, 0.5) is 0 Å². The summed E-state index contributed by atoms with van der Waals surface area (Å²) in [5.74, 6) is -0.559. The number of aliphatic hydroxyl groups excluding tert-OH is 4. The smallest absolute Gasteiger partial charge is 0.308 e. The van der Waals surface area contributed by atoms with Crippen LogP contribution in [0.2, 0.25) is 0 Å². The van der Waals surface area contributed by atoms with E-state index in [1.807, 2.05) is 78.0 Å². The van der Waals surface area contributed by atoms with Gasteiger partial charge in [0, 0.05) is 24.9 Å². The van der Waals surface area contributed by atoms with E-state index >= 15 is 0 Å². The second-order valence-electron chi connectivity index (χ2n) is 15.0. The molecule has 2 aliphatic carbocycles. The number of aliphatic hydroxyl groups is 4. The summed E-state index contributed by atoms with van der Waals surface area (Å²) < 4.78 is 22.4. The average Bonchev–Trinajstić information content (AvgIpc) is 3.09. The number of carboxylic acid groups (broad SMARTS) is 1. The van der Waals surface area contributed by atoms with E-state index < -0.39 is 36.5 Å². The molecule has 1 aromatic carbocycles. The number of fused-ring (bicyclic) bond motifs is 1. The predicted octanol–water partition coefficient (Wildman–Crippen LogP) is 4.81. The molecule has 0 aliphatic heterocycles. The zero-order valence-electron chi connectivity index (χ0n) is 32.9. The molecule has 302 valence electrons. The first-order valence-corrected chi connectivity index (χ1v) is 19.3. The lowest BCUT2D eigenvalue weighted by atomic mass is 9.66. The molecule has 0 spiro atoms. The molecule has 12 nitrogen and oxygen atoms in total. The van der Waals surface area contributed by atoms with Crippen molar-refractivity contribution in [3.05, 3.63) is 53.6 Å². The summed E-state index contributed by atoms with van der Waals surface area (Å²) in [6, 6.07) is 8.09. The van der Waals surface area contributed by atoms with Gasteiger partial charge in [-0.2, -0.15) is 0 Å². The van der Waals surface area contributed by atoms with E-state index in [0.717, 1.165) is 16.9 Å². The van der Waals surface area contributed by atoms with Crippen LogP contribution in [0.5, 0.6) is 5.75 Å². The standard InChI is InChI=1S/C23H36O7.C18H31NO4/c1-4-13(2)23(29)30-20-11-17(25)9-15-6-5-14(3)19(22(15)20)8-7-16(24)10-18(26)12-21(27)28;1-14(2)19-11-17(20)13-23-18-7-5-16(6-8-18)12-21-9-10-22-15(3)4/h5-6,9,13-14,16-20,22,24-26H,4,7-8,10-12H2,1-3H3,(H,27,28);5-8,14-15,17,19-20H,9-13H2,1-4H3/t13-,14-,16+,17+,18+,19-,20-,22-;/m0./s1. The molecule has 6 N–H and O–H groups in total. The average molecular weight is 750 g/mol. The number of ether oxygens (including phenoxy) is 4. The number of carbonyl (C=O) groups excluding carboxylic acids is 1. The minimum atomic E-state index is -1.10. The van der Waals surface area contributed by atoms with Crippen LogP contribution in [0.3, 0.4) is 0 Å². The Morgan fingerprint density at radius 2 is 1.68 bits per heavy atom. The van der Waals surface area contributed by atoms with Crippen LogP contribution < -0.4 is 10.1 Å². The van der Waals surface area contributed by atoms with E-state index in [2.05, 4.69) is 18.3 Å². The third kappa shape index (κ3) is 18.4. The highest BCUT2D eigenvalue weighted by molar-refractivity contribution is 5.72. The SMILES string of the molecule is CC(C)NCC(O)COc1ccc(COCCOC(C)C)cc1.CC[C@H](C)C(=O)O[C@H]1C[C@H](O)C=C2C=C[C@H](C)[C@H](CC[C@@H](O)C[C@@H](O)CC(=O)O)[C@H]21. The van der Waals surface area contributed by atoms with Crippen LogP contribution in [0, 0.1) is 23.7 Å². The molecule has 1 aromatic rings. The molecular weight excluding hydrogens is 682 g/mol. The van der Waals surface area contributed by atoms with Crippen molar-refractivity contribution >= 4 is 11.9 Å². The molecule has 0 saturated carbocycles. The van der Waals surface area contributed by atoms with Gasteiger partial charge in [-0.3, -0.25) is 9.59 Å². The number of benzene rings is 1. The first kappa shape index (κ1) is 46.3. The van der Waals surface area contributed by atoms with E-state index in [-0.39, 0.29) is 55.2 Å².